The summed E-state index contributed by atoms with van der Waals surface area (Å²) in [6.07, 6.45) is 0. The standard InChI is InChI=1S/C42H36O6P6/c43-52-35-20-28(16-31(22-35)48-54(46)47)40-37(25-10-4-1-5-11-25)41(29-17-32(49)23-33(50)18-29)39(27-14-8-3-9-15-27)42(38(40)26-12-6-2-7-13-26)30-19-34(51)24-36(21-30)53(44)45/h1-24,43-47,52H,49-51H2. The van der Waals surface area contributed by atoms with E-state index in [-0.39, 0.29) is 5.75 Å². The second-order valence-corrected chi connectivity index (χ2v) is 17.1. The van der Waals surface area contributed by atoms with Crippen LogP contribution in [0.15, 0.2) is 146 Å². The summed E-state index contributed by atoms with van der Waals surface area (Å²) in [6.45, 7) is 0. The van der Waals surface area contributed by atoms with Crippen LogP contribution in [0.3, 0.4) is 0 Å². The van der Waals surface area contributed by atoms with Gasteiger partial charge >= 0.3 is 8.60 Å². The summed E-state index contributed by atoms with van der Waals surface area (Å²) in [4.78, 5) is 51.7. The van der Waals surface area contributed by atoms with E-state index in [4.69, 9.17) is 4.52 Å². The molecule has 0 aliphatic rings. The van der Waals surface area contributed by atoms with Gasteiger partial charge in [-0.3, -0.25) is 0 Å². The van der Waals surface area contributed by atoms with Gasteiger partial charge in [0.05, 0.1) is 0 Å². The third-order valence-electron chi connectivity index (χ3n) is 8.92. The summed E-state index contributed by atoms with van der Waals surface area (Å²) in [5.41, 5.74) is 10.5. The Morgan fingerprint density at radius 3 is 1.22 bits per heavy atom. The Bertz CT molecular complexity index is 2430. The molecule has 270 valence electrons. The average molecular weight is 823 g/mol. The van der Waals surface area contributed by atoms with Crippen molar-refractivity contribution in [3.05, 3.63) is 146 Å². The molecule has 0 saturated carbocycles. The molecule has 0 aliphatic heterocycles. The van der Waals surface area contributed by atoms with Crippen LogP contribution in [0.5, 0.6) is 5.75 Å². The summed E-state index contributed by atoms with van der Waals surface area (Å²) in [6, 6.07) is 47.8. The molecule has 7 aromatic carbocycles. The molecule has 7 rings (SSSR count). The van der Waals surface area contributed by atoms with Crippen molar-refractivity contribution >= 4 is 80.0 Å². The van der Waals surface area contributed by atoms with Crippen LogP contribution in [-0.2, 0) is 0 Å². The maximum Gasteiger partial charge on any atom is 0.391 e. The Hall–Kier alpha value is -3.28. The maximum absolute atomic E-state index is 10.6. The third-order valence-corrected chi connectivity index (χ3v) is 11.6. The van der Waals surface area contributed by atoms with Crippen LogP contribution < -0.4 is 31.0 Å². The molecule has 5 N–H and O–H groups in total. The van der Waals surface area contributed by atoms with Gasteiger partial charge in [0.2, 0.25) is 0 Å². The molecule has 0 saturated heterocycles. The van der Waals surface area contributed by atoms with Crippen LogP contribution in [0.25, 0.3) is 66.8 Å². The van der Waals surface area contributed by atoms with E-state index >= 15 is 0 Å². The monoisotopic (exact) mass is 822 g/mol. The number of rotatable bonds is 10. The molecular weight excluding hydrogens is 786 g/mol. The van der Waals surface area contributed by atoms with Gasteiger partial charge in [-0.15, -0.1) is 27.7 Å². The van der Waals surface area contributed by atoms with Crippen LogP contribution in [0.2, 0.25) is 0 Å². The van der Waals surface area contributed by atoms with E-state index in [1.807, 2.05) is 72.8 Å². The molecule has 0 heterocycles. The molecule has 4 unspecified atom stereocenters. The lowest BCUT2D eigenvalue weighted by atomic mass is 9.74. The quantitative estimate of drug-likeness (QED) is 0.0898. The smallest absolute Gasteiger partial charge is 0.391 e. The molecule has 0 fully saturated rings. The second-order valence-electron chi connectivity index (χ2n) is 12.5. The molecule has 7 aromatic rings. The van der Waals surface area contributed by atoms with Gasteiger partial charge < -0.3 is 29.0 Å². The van der Waals surface area contributed by atoms with Crippen molar-refractivity contribution in [3.63, 3.8) is 0 Å². The minimum absolute atomic E-state index is 0.202. The van der Waals surface area contributed by atoms with Gasteiger partial charge in [-0.1, -0.05) is 91.0 Å². The first-order valence-electron chi connectivity index (χ1n) is 16.7. The van der Waals surface area contributed by atoms with Gasteiger partial charge in [-0.25, -0.2) is 0 Å². The first-order chi connectivity index (χ1) is 26.1. The summed E-state index contributed by atoms with van der Waals surface area (Å²) in [7, 11) is 2.61. The van der Waals surface area contributed by atoms with Crippen molar-refractivity contribution in [2.24, 2.45) is 0 Å². The first kappa shape index (κ1) is 39.0. The van der Waals surface area contributed by atoms with E-state index in [1.54, 1.807) is 18.2 Å². The van der Waals surface area contributed by atoms with Gasteiger partial charge in [-0.05, 0) is 137 Å². The fraction of sp³-hybridized carbons (Fsp3) is 0. The molecule has 0 aliphatic carbocycles. The molecular formula is C42H36O6P6. The zero-order valence-electron chi connectivity index (χ0n) is 28.6. The van der Waals surface area contributed by atoms with Crippen LogP contribution in [0.1, 0.15) is 0 Å². The van der Waals surface area contributed by atoms with Crippen LogP contribution in [0, 0.1) is 0 Å². The van der Waals surface area contributed by atoms with Gasteiger partial charge in [0.15, 0.2) is 8.38 Å². The molecule has 12 heteroatoms. The Balaban J connectivity index is 1.84. The molecule has 0 amide bonds. The van der Waals surface area contributed by atoms with Crippen molar-refractivity contribution in [2.45, 2.75) is 0 Å². The summed E-state index contributed by atoms with van der Waals surface area (Å²) in [5.74, 6) is 0.202. The van der Waals surface area contributed by atoms with Gasteiger partial charge in [-0.2, -0.15) is 0 Å². The Morgan fingerprint density at radius 1 is 0.426 bits per heavy atom. The number of hydrogen-bond donors (Lipinski definition) is 5. The number of hydrogen-bond acceptors (Lipinski definition) is 6. The van der Waals surface area contributed by atoms with Crippen LogP contribution >= 0.6 is 53.5 Å². The number of benzene rings is 7. The van der Waals surface area contributed by atoms with Crippen molar-refractivity contribution < 1.29 is 29.0 Å². The minimum atomic E-state index is -2.75. The molecule has 0 radical (unpaired) electrons. The van der Waals surface area contributed by atoms with Crippen molar-refractivity contribution in [1.82, 2.24) is 0 Å². The average Bonchev–Trinajstić information content (AvgIpc) is 3.16. The van der Waals surface area contributed by atoms with Gasteiger partial charge in [0, 0.05) is 19.4 Å². The molecule has 0 bridgehead atoms. The van der Waals surface area contributed by atoms with Crippen molar-refractivity contribution in [1.29, 1.82) is 0 Å². The highest BCUT2D eigenvalue weighted by Gasteiger charge is 2.30. The minimum Gasteiger partial charge on any atom is -0.427 e. The normalized spacial score (nSPS) is 11.6. The summed E-state index contributed by atoms with van der Waals surface area (Å²) < 4.78 is 5.53. The molecule has 4 atom stereocenters. The molecule has 0 spiro atoms. The Morgan fingerprint density at radius 2 is 0.815 bits per heavy atom. The van der Waals surface area contributed by atoms with E-state index in [9.17, 15) is 24.5 Å². The fourth-order valence-electron chi connectivity index (χ4n) is 6.97. The highest BCUT2D eigenvalue weighted by molar-refractivity contribution is 7.54. The predicted molar refractivity (Wildman–Crippen MR) is 240 cm³/mol. The van der Waals surface area contributed by atoms with E-state index in [0.29, 0.717) is 16.2 Å². The zero-order valence-corrected chi connectivity index (χ0v) is 34.9. The van der Waals surface area contributed by atoms with Crippen LogP contribution in [-0.4, -0.2) is 24.5 Å². The topological polar surface area (TPSA) is 110 Å². The van der Waals surface area contributed by atoms with Gasteiger partial charge in [0.1, 0.15) is 5.75 Å². The van der Waals surface area contributed by atoms with E-state index in [0.717, 1.165) is 77.1 Å². The molecule has 0 aromatic heterocycles. The fourth-order valence-corrected chi connectivity index (χ4v) is 9.64. The lowest BCUT2D eigenvalue weighted by molar-refractivity contribution is 0.375. The van der Waals surface area contributed by atoms with Crippen molar-refractivity contribution in [2.75, 3.05) is 0 Å². The van der Waals surface area contributed by atoms with E-state index in [1.165, 1.54) is 0 Å². The third kappa shape index (κ3) is 8.43. The Kier molecular flexibility index (Phi) is 12.4. The highest BCUT2D eigenvalue weighted by Crippen LogP contribution is 2.56. The highest BCUT2D eigenvalue weighted by atomic mass is 31.2. The van der Waals surface area contributed by atoms with Gasteiger partial charge in [0.25, 0.3) is 0 Å². The lowest BCUT2D eigenvalue weighted by Crippen LogP contribution is -2.10. The molecule has 54 heavy (non-hydrogen) atoms. The summed E-state index contributed by atoms with van der Waals surface area (Å²) in [5, 5.41) is 3.71. The second kappa shape index (κ2) is 17.2. The molecule has 6 nitrogen and oxygen atoms in total. The Labute approximate surface area is 325 Å². The lowest BCUT2D eigenvalue weighted by Gasteiger charge is -2.29. The SMILES string of the molecule is OPc1cc(OP(O)O)cc(-c2c(-c3ccccc3)c(-c3cc(P)cc(P)c3)c(-c3ccccc3)c(-c3cc(P)cc(P(O)O)c3)c2-c2ccccc2)c1. The summed E-state index contributed by atoms with van der Waals surface area (Å²) >= 11 is 0. The van der Waals surface area contributed by atoms with E-state index < -0.39 is 25.8 Å². The van der Waals surface area contributed by atoms with E-state index in [2.05, 4.69) is 82.3 Å². The predicted octanol–water partition coefficient (Wildman–Crippen LogP) is 7.91. The zero-order chi connectivity index (χ0) is 37.9. The largest absolute Gasteiger partial charge is 0.427 e. The van der Waals surface area contributed by atoms with Crippen molar-refractivity contribution in [3.8, 4) is 72.5 Å². The maximum atomic E-state index is 10.6. The van der Waals surface area contributed by atoms with Crippen LogP contribution in [0.4, 0.5) is 0 Å². The first-order valence-corrected chi connectivity index (χ1v) is 21.8.